The fourth-order valence-corrected chi connectivity index (χ4v) is 2.28. The molecule has 108 valence electrons. The molecular weight excluding hydrogens is 250 g/mol. The number of hydrogen-bond donors (Lipinski definition) is 1. The molecule has 0 spiro atoms. The number of para-hydroxylation sites is 1. The second kappa shape index (κ2) is 4.74. The van der Waals surface area contributed by atoms with E-state index in [2.05, 4.69) is 20.8 Å². The zero-order chi connectivity index (χ0) is 15.1. The summed E-state index contributed by atoms with van der Waals surface area (Å²) >= 11 is 0. The van der Waals surface area contributed by atoms with Crippen LogP contribution in [0.4, 0.5) is 0 Å². The lowest BCUT2D eigenvalue weighted by Gasteiger charge is -2.25. The first kappa shape index (κ1) is 14.8. The summed E-state index contributed by atoms with van der Waals surface area (Å²) < 4.78 is 5.42. The number of methoxy groups -OCH3 is 1. The first-order valence-corrected chi connectivity index (χ1v) is 6.85. The molecule has 0 radical (unpaired) electrons. The first-order valence-electron chi connectivity index (χ1n) is 6.85. The van der Waals surface area contributed by atoms with Crippen molar-refractivity contribution in [1.82, 2.24) is 4.98 Å². The predicted molar refractivity (Wildman–Crippen MR) is 82.2 cm³/mol. The summed E-state index contributed by atoms with van der Waals surface area (Å²) in [6.45, 7) is 9.95. The number of pyridine rings is 1. The molecule has 1 heterocycles. The first-order chi connectivity index (χ1) is 9.14. The van der Waals surface area contributed by atoms with E-state index < -0.39 is 5.60 Å². The largest absolute Gasteiger partial charge is 0.494 e. The van der Waals surface area contributed by atoms with E-state index in [1.165, 1.54) is 0 Å². The van der Waals surface area contributed by atoms with Crippen LogP contribution in [0.2, 0.25) is 0 Å². The van der Waals surface area contributed by atoms with Crippen molar-refractivity contribution >= 4 is 10.9 Å². The average molecular weight is 273 g/mol. The minimum Gasteiger partial charge on any atom is -0.494 e. The lowest BCUT2D eigenvalue weighted by Crippen LogP contribution is -2.20. The van der Waals surface area contributed by atoms with Crippen LogP contribution in [-0.2, 0) is 11.0 Å². The molecule has 0 aliphatic rings. The van der Waals surface area contributed by atoms with Gasteiger partial charge in [0.05, 0.1) is 12.7 Å². The van der Waals surface area contributed by atoms with Gasteiger partial charge in [0.1, 0.15) is 11.3 Å². The molecule has 1 aromatic carbocycles. The summed E-state index contributed by atoms with van der Waals surface area (Å²) in [5.41, 5.74) is 1.63. The molecule has 0 saturated heterocycles. The van der Waals surface area contributed by atoms with Crippen molar-refractivity contribution in [1.29, 1.82) is 0 Å². The second-order valence-corrected chi connectivity index (χ2v) is 6.72. The van der Waals surface area contributed by atoms with Crippen LogP contribution < -0.4 is 4.74 Å². The summed E-state index contributed by atoms with van der Waals surface area (Å²) in [4.78, 5) is 4.76. The lowest BCUT2D eigenvalue weighted by molar-refractivity contribution is 0.0799. The van der Waals surface area contributed by atoms with Gasteiger partial charge < -0.3 is 9.84 Å². The van der Waals surface area contributed by atoms with Crippen molar-refractivity contribution in [2.24, 2.45) is 0 Å². The van der Waals surface area contributed by atoms with Crippen LogP contribution in [0.1, 0.15) is 45.9 Å². The van der Waals surface area contributed by atoms with Crippen molar-refractivity contribution in [3.8, 4) is 5.75 Å². The fourth-order valence-electron chi connectivity index (χ4n) is 2.28. The van der Waals surface area contributed by atoms with Gasteiger partial charge in [-0.25, -0.2) is 4.98 Å². The highest BCUT2D eigenvalue weighted by molar-refractivity contribution is 5.88. The smallest absolute Gasteiger partial charge is 0.145 e. The van der Waals surface area contributed by atoms with Gasteiger partial charge in [-0.05, 0) is 31.5 Å². The van der Waals surface area contributed by atoms with Gasteiger partial charge in [0, 0.05) is 16.5 Å². The Morgan fingerprint density at radius 1 is 1.10 bits per heavy atom. The number of fused-ring (bicyclic) bond motifs is 1. The minimum absolute atomic E-state index is 0.0883. The SMILES string of the molecule is COc1cccc2c(C(C)(C)O)cc(C(C)(C)C)nc12. The summed E-state index contributed by atoms with van der Waals surface area (Å²) in [7, 11) is 1.64. The van der Waals surface area contributed by atoms with E-state index in [1.807, 2.05) is 24.3 Å². The monoisotopic (exact) mass is 273 g/mol. The van der Waals surface area contributed by atoms with E-state index in [9.17, 15) is 5.11 Å². The molecule has 0 fully saturated rings. The minimum atomic E-state index is -0.923. The van der Waals surface area contributed by atoms with Gasteiger partial charge in [-0.1, -0.05) is 32.9 Å². The molecule has 0 bridgehead atoms. The lowest BCUT2D eigenvalue weighted by atomic mass is 9.86. The predicted octanol–water partition coefficient (Wildman–Crippen LogP) is 3.77. The van der Waals surface area contributed by atoms with Gasteiger partial charge in [-0.15, -0.1) is 0 Å². The van der Waals surface area contributed by atoms with Crippen LogP contribution in [0.3, 0.4) is 0 Å². The number of rotatable bonds is 2. The number of aromatic nitrogens is 1. The molecule has 3 heteroatoms. The summed E-state index contributed by atoms with van der Waals surface area (Å²) in [5, 5.41) is 11.4. The number of ether oxygens (including phenoxy) is 1. The van der Waals surface area contributed by atoms with Crippen LogP contribution in [0.15, 0.2) is 24.3 Å². The molecule has 0 amide bonds. The third kappa shape index (κ3) is 2.63. The van der Waals surface area contributed by atoms with Gasteiger partial charge in [0.15, 0.2) is 0 Å². The zero-order valence-electron chi connectivity index (χ0n) is 13.1. The Labute approximate surface area is 120 Å². The van der Waals surface area contributed by atoms with Crippen LogP contribution in [0.25, 0.3) is 10.9 Å². The molecule has 1 N–H and O–H groups in total. The van der Waals surface area contributed by atoms with Crippen molar-refractivity contribution < 1.29 is 9.84 Å². The molecule has 1 aromatic heterocycles. The quantitative estimate of drug-likeness (QED) is 0.905. The number of nitrogens with zero attached hydrogens (tertiary/aromatic N) is 1. The van der Waals surface area contributed by atoms with Gasteiger partial charge in [-0.3, -0.25) is 0 Å². The zero-order valence-corrected chi connectivity index (χ0v) is 13.1. The Morgan fingerprint density at radius 2 is 1.75 bits per heavy atom. The van der Waals surface area contributed by atoms with Crippen LogP contribution in [-0.4, -0.2) is 17.2 Å². The van der Waals surface area contributed by atoms with Crippen LogP contribution in [0, 0.1) is 0 Å². The summed E-state index contributed by atoms with van der Waals surface area (Å²) in [5.74, 6) is 0.735. The molecule has 0 aliphatic carbocycles. The van der Waals surface area contributed by atoms with Gasteiger partial charge in [0.25, 0.3) is 0 Å². The summed E-state index contributed by atoms with van der Waals surface area (Å²) in [6.07, 6.45) is 0. The third-order valence-electron chi connectivity index (χ3n) is 3.45. The van der Waals surface area contributed by atoms with Crippen LogP contribution >= 0.6 is 0 Å². The van der Waals surface area contributed by atoms with E-state index >= 15 is 0 Å². The molecule has 3 nitrogen and oxygen atoms in total. The fraction of sp³-hybridized carbons (Fsp3) is 0.471. The second-order valence-electron chi connectivity index (χ2n) is 6.72. The third-order valence-corrected chi connectivity index (χ3v) is 3.45. The molecule has 0 aliphatic heterocycles. The molecule has 0 saturated carbocycles. The van der Waals surface area contributed by atoms with E-state index in [0.29, 0.717) is 0 Å². The maximum Gasteiger partial charge on any atom is 0.145 e. The van der Waals surface area contributed by atoms with Crippen molar-refractivity contribution in [2.75, 3.05) is 7.11 Å². The molecule has 2 aromatic rings. The highest BCUT2D eigenvalue weighted by Gasteiger charge is 2.25. The normalized spacial score (nSPS) is 12.8. The molecule has 0 unspecified atom stereocenters. The van der Waals surface area contributed by atoms with E-state index in [1.54, 1.807) is 21.0 Å². The van der Waals surface area contributed by atoms with Crippen LogP contribution in [0.5, 0.6) is 5.75 Å². The molecule has 2 rings (SSSR count). The van der Waals surface area contributed by atoms with E-state index in [0.717, 1.165) is 27.9 Å². The average Bonchev–Trinajstić information content (AvgIpc) is 2.34. The Bertz CT molecular complexity index is 634. The standard InChI is InChI=1S/C17H23NO2/c1-16(2,3)14-10-12(17(4,5)19)11-8-7-9-13(20-6)15(11)18-14/h7-10,19H,1-6H3. The Kier molecular flexibility index (Phi) is 3.51. The Balaban J connectivity index is 2.89. The maximum absolute atomic E-state index is 10.5. The van der Waals surface area contributed by atoms with Crippen molar-refractivity contribution in [2.45, 2.75) is 45.6 Å². The van der Waals surface area contributed by atoms with Crippen molar-refractivity contribution in [3.05, 3.63) is 35.5 Å². The highest BCUT2D eigenvalue weighted by atomic mass is 16.5. The van der Waals surface area contributed by atoms with Gasteiger partial charge in [-0.2, -0.15) is 0 Å². The molecular formula is C17H23NO2. The van der Waals surface area contributed by atoms with E-state index in [-0.39, 0.29) is 5.41 Å². The van der Waals surface area contributed by atoms with Crippen molar-refractivity contribution in [3.63, 3.8) is 0 Å². The Morgan fingerprint density at radius 3 is 2.25 bits per heavy atom. The van der Waals surface area contributed by atoms with Gasteiger partial charge >= 0.3 is 0 Å². The Hall–Kier alpha value is -1.61. The number of hydrogen-bond acceptors (Lipinski definition) is 3. The molecule has 0 atom stereocenters. The number of aliphatic hydroxyl groups is 1. The summed E-state index contributed by atoms with van der Waals surface area (Å²) in [6, 6.07) is 7.80. The molecule has 20 heavy (non-hydrogen) atoms. The van der Waals surface area contributed by atoms with Gasteiger partial charge in [0.2, 0.25) is 0 Å². The number of benzene rings is 1. The topological polar surface area (TPSA) is 42.4 Å². The highest BCUT2D eigenvalue weighted by Crippen LogP contribution is 2.35. The van der Waals surface area contributed by atoms with E-state index in [4.69, 9.17) is 9.72 Å². The maximum atomic E-state index is 10.5.